The van der Waals surface area contributed by atoms with E-state index in [1.54, 1.807) is 18.2 Å². The molecule has 2 nitrogen and oxygen atoms in total. The summed E-state index contributed by atoms with van der Waals surface area (Å²) >= 11 is 0. The highest BCUT2D eigenvalue weighted by atomic mass is 16.3. The average molecular weight is 298 g/mol. The third-order valence-electron chi connectivity index (χ3n) is 4.07. The summed E-state index contributed by atoms with van der Waals surface area (Å²) in [6.07, 6.45) is 8.69. The molecule has 0 amide bonds. The summed E-state index contributed by atoms with van der Waals surface area (Å²) < 4.78 is 0. The second kappa shape index (κ2) is 8.47. The van der Waals surface area contributed by atoms with E-state index in [-0.39, 0.29) is 11.5 Å². The van der Waals surface area contributed by atoms with Crippen LogP contribution < -0.4 is 0 Å². The number of hydrogen-bond donors (Lipinski definition) is 2. The van der Waals surface area contributed by atoms with Gasteiger partial charge < -0.3 is 10.2 Å². The largest absolute Gasteiger partial charge is 0.507 e. The Morgan fingerprint density at radius 3 is 2.18 bits per heavy atom. The third-order valence-corrected chi connectivity index (χ3v) is 4.07. The van der Waals surface area contributed by atoms with Crippen molar-refractivity contribution in [3.05, 3.63) is 48.0 Å². The molecule has 0 saturated heterocycles. The predicted molar refractivity (Wildman–Crippen MR) is 92.3 cm³/mol. The molecule has 0 saturated carbocycles. The Hall–Kier alpha value is -1.96. The molecule has 0 fully saturated rings. The Labute approximate surface area is 133 Å². The highest BCUT2D eigenvalue weighted by Crippen LogP contribution is 2.35. The van der Waals surface area contributed by atoms with Gasteiger partial charge in [0, 0.05) is 11.1 Å². The summed E-state index contributed by atoms with van der Waals surface area (Å²) in [5.41, 5.74) is 2.61. The number of para-hydroxylation sites is 1. The van der Waals surface area contributed by atoms with E-state index in [0.717, 1.165) is 6.42 Å². The summed E-state index contributed by atoms with van der Waals surface area (Å²) in [6, 6.07) is 12.8. The second-order valence-electron chi connectivity index (χ2n) is 5.89. The van der Waals surface area contributed by atoms with Crippen LogP contribution in [0.4, 0.5) is 0 Å². The van der Waals surface area contributed by atoms with Crippen LogP contribution in [0.25, 0.3) is 11.1 Å². The molecule has 118 valence electrons. The van der Waals surface area contributed by atoms with E-state index in [0.29, 0.717) is 11.1 Å². The molecule has 2 aromatic rings. The van der Waals surface area contributed by atoms with Gasteiger partial charge in [0.05, 0.1) is 0 Å². The van der Waals surface area contributed by atoms with E-state index in [1.165, 1.54) is 44.1 Å². The zero-order valence-electron chi connectivity index (χ0n) is 13.4. The minimum absolute atomic E-state index is 0.203. The van der Waals surface area contributed by atoms with Gasteiger partial charge in [-0.1, -0.05) is 63.3 Å². The molecular formula is C20H26O2. The highest BCUT2D eigenvalue weighted by molar-refractivity contribution is 5.75. The number of hydrogen-bond acceptors (Lipinski definition) is 2. The lowest BCUT2D eigenvalue weighted by Crippen LogP contribution is -1.89. The molecule has 0 aliphatic carbocycles. The van der Waals surface area contributed by atoms with E-state index in [2.05, 4.69) is 6.92 Å². The maximum absolute atomic E-state index is 10.1. The van der Waals surface area contributed by atoms with Crippen LogP contribution in [0.3, 0.4) is 0 Å². The van der Waals surface area contributed by atoms with E-state index < -0.39 is 0 Å². The monoisotopic (exact) mass is 298 g/mol. The maximum Gasteiger partial charge on any atom is 0.123 e. The molecule has 0 heterocycles. The van der Waals surface area contributed by atoms with Crippen molar-refractivity contribution in [3.8, 4) is 22.6 Å². The van der Waals surface area contributed by atoms with Gasteiger partial charge in [-0.25, -0.2) is 0 Å². The zero-order chi connectivity index (χ0) is 15.8. The van der Waals surface area contributed by atoms with Crippen molar-refractivity contribution in [2.24, 2.45) is 0 Å². The fourth-order valence-electron chi connectivity index (χ4n) is 2.77. The Balaban J connectivity index is 2.00. The number of unbranched alkanes of at least 4 members (excludes halogenated alkanes) is 5. The van der Waals surface area contributed by atoms with Crippen LogP contribution >= 0.6 is 0 Å². The van der Waals surface area contributed by atoms with Crippen molar-refractivity contribution in [1.29, 1.82) is 0 Å². The van der Waals surface area contributed by atoms with Crippen LogP contribution in [-0.2, 0) is 6.42 Å². The normalized spacial score (nSPS) is 10.8. The van der Waals surface area contributed by atoms with Gasteiger partial charge >= 0.3 is 0 Å². The second-order valence-corrected chi connectivity index (χ2v) is 5.89. The lowest BCUT2D eigenvalue weighted by Gasteiger charge is -2.10. The Morgan fingerprint density at radius 1 is 0.727 bits per heavy atom. The van der Waals surface area contributed by atoms with Crippen molar-refractivity contribution < 1.29 is 10.2 Å². The molecule has 0 aliphatic heterocycles. The minimum atomic E-state index is 0.203. The first-order valence-electron chi connectivity index (χ1n) is 8.32. The number of phenols is 2. The molecule has 0 unspecified atom stereocenters. The third kappa shape index (κ3) is 4.52. The maximum atomic E-state index is 10.1. The molecule has 0 spiro atoms. The lowest BCUT2D eigenvalue weighted by molar-refractivity contribution is 0.469. The van der Waals surface area contributed by atoms with E-state index in [1.807, 2.05) is 24.3 Å². The van der Waals surface area contributed by atoms with Crippen LogP contribution in [0.2, 0.25) is 0 Å². The molecule has 0 aliphatic rings. The first-order valence-corrected chi connectivity index (χ1v) is 8.32. The first kappa shape index (κ1) is 16.4. The molecule has 2 N–H and O–H groups in total. The number of aromatic hydroxyl groups is 2. The van der Waals surface area contributed by atoms with E-state index >= 15 is 0 Å². The molecule has 0 radical (unpaired) electrons. The fraction of sp³-hybridized carbons (Fsp3) is 0.400. The number of aryl methyl sites for hydroxylation is 1. The van der Waals surface area contributed by atoms with Gasteiger partial charge in [0.1, 0.15) is 11.5 Å². The van der Waals surface area contributed by atoms with Crippen LogP contribution in [0.5, 0.6) is 11.5 Å². The SMILES string of the molecule is CCCCCCCCc1ccc(O)c(-c2ccccc2O)c1. The molecular weight excluding hydrogens is 272 g/mol. The number of benzene rings is 2. The van der Waals surface area contributed by atoms with Crippen molar-refractivity contribution in [1.82, 2.24) is 0 Å². The Kier molecular flexibility index (Phi) is 6.32. The van der Waals surface area contributed by atoms with E-state index in [9.17, 15) is 10.2 Å². The molecule has 2 aromatic carbocycles. The average Bonchev–Trinajstić information content (AvgIpc) is 2.53. The lowest BCUT2D eigenvalue weighted by atomic mass is 9.98. The van der Waals surface area contributed by atoms with Crippen molar-refractivity contribution in [3.63, 3.8) is 0 Å². The van der Waals surface area contributed by atoms with Gasteiger partial charge in [0.25, 0.3) is 0 Å². The summed E-state index contributed by atoms with van der Waals surface area (Å²) in [6.45, 7) is 2.23. The summed E-state index contributed by atoms with van der Waals surface area (Å²) in [5.74, 6) is 0.419. The quantitative estimate of drug-likeness (QED) is 0.617. The molecule has 0 atom stereocenters. The van der Waals surface area contributed by atoms with Gasteiger partial charge in [-0.15, -0.1) is 0 Å². The zero-order valence-corrected chi connectivity index (χ0v) is 13.4. The standard InChI is InChI=1S/C20H26O2/c1-2-3-4-5-6-7-10-16-13-14-20(22)18(15-16)17-11-8-9-12-19(17)21/h8-9,11-15,21-22H,2-7,10H2,1H3. The van der Waals surface area contributed by atoms with Crippen LogP contribution in [0.1, 0.15) is 51.0 Å². The summed E-state index contributed by atoms with van der Waals surface area (Å²) in [5, 5.41) is 20.0. The summed E-state index contributed by atoms with van der Waals surface area (Å²) in [7, 11) is 0. The Morgan fingerprint density at radius 2 is 1.41 bits per heavy atom. The highest BCUT2D eigenvalue weighted by Gasteiger charge is 2.09. The predicted octanol–water partition coefficient (Wildman–Crippen LogP) is 5.67. The molecule has 0 aromatic heterocycles. The van der Waals surface area contributed by atoms with Crippen LogP contribution in [0, 0.1) is 0 Å². The fourth-order valence-corrected chi connectivity index (χ4v) is 2.77. The first-order chi connectivity index (χ1) is 10.7. The van der Waals surface area contributed by atoms with Crippen molar-refractivity contribution in [2.45, 2.75) is 51.9 Å². The van der Waals surface area contributed by atoms with Gasteiger partial charge in [-0.2, -0.15) is 0 Å². The topological polar surface area (TPSA) is 40.5 Å². The van der Waals surface area contributed by atoms with Crippen molar-refractivity contribution >= 4 is 0 Å². The Bertz CT molecular complexity index is 590. The molecule has 2 rings (SSSR count). The number of phenolic OH excluding ortho intramolecular Hbond substituents is 2. The van der Waals surface area contributed by atoms with Gasteiger partial charge in [0.2, 0.25) is 0 Å². The number of rotatable bonds is 8. The molecule has 0 bridgehead atoms. The minimum Gasteiger partial charge on any atom is -0.507 e. The summed E-state index contributed by atoms with van der Waals surface area (Å²) in [4.78, 5) is 0. The van der Waals surface area contributed by atoms with Gasteiger partial charge in [-0.3, -0.25) is 0 Å². The molecule has 22 heavy (non-hydrogen) atoms. The smallest absolute Gasteiger partial charge is 0.123 e. The van der Waals surface area contributed by atoms with Gasteiger partial charge in [0.15, 0.2) is 0 Å². The van der Waals surface area contributed by atoms with Gasteiger partial charge in [-0.05, 0) is 36.6 Å². The van der Waals surface area contributed by atoms with Crippen molar-refractivity contribution in [2.75, 3.05) is 0 Å². The molecule has 2 heteroatoms. The van der Waals surface area contributed by atoms with Crippen LogP contribution in [-0.4, -0.2) is 10.2 Å². The van der Waals surface area contributed by atoms with E-state index in [4.69, 9.17) is 0 Å². The van der Waals surface area contributed by atoms with Crippen LogP contribution in [0.15, 0.2) is 42.5 Å².